The lowest BCUT2D eigenvalue weighted by atomic mass is 10.5. The largest absolute Gasteiger partial charge is 0.321 e. The fraction of sp³-hybridized carbons (Fsp3) is 0.625. The standard InChI is InChI=1S/C8H14N2O2/c1-9(2)7-5-6-8(11)10(3)12-4/h7H2,1-4H3. The summed E-state index contributed by atoms with van der Waals surface area (Å²) in [6, 6.07) is 0. The third-order valence-electron chi connectivity index (χ3n) is 1.15. The van der Waals surface area contributed by atoms with Gasteiger partial charge in [0.2, 0.25) is 0 Å². The Morgan fingerprint density at radius 3 is 2.42 bits per heavy atom. The molecule has 0 rings (SSSR count). The second-order valence-corrected chi connectivity index (χ2v) is 2.52. The van der Waals surface area contributed by atoms with E-state index >= 15 is 0 Å². The first-order valence-corrected chi connectivity index (χ1v) is 3.53. The molecule has 0 saturated heterocycles. The van der Waals surface area contributed by atoms with E-state index in [1.165, 1.54) is 14.2 Å². The molecule has 0 aliphatic rings. The molecule has 0 aliphatic carbocycles. The van der Waals surface area contributed by atoms with Gasteiger partial charge >= 0.3 is 5.91 Å². The number of amides is 1. The van der Waals surface area contributed by atoms with Crippen molar-refractivity contribution in [3.8, 4) is 11.8 Å². The summed E-state index contributed by atoms with van der Waals surface area (Å²) in [6.07, 6.45) is 0. The van der Waals surface area contributed by atoms with Crippen LogP contribution in [0.4, 0.5) is 0 Å². The van der Waals surface area contributed by atoms with Crippen LogP contribution in [0.1, 0.15) is 0 Å². The van der Waals surface area contributed by atoms with E-state index < -0.39 is 0 Å². The van der Waals surface area contributed by atoms with Crippen LogP contribution >= 0.6 is 0 Å². The molecule has 0 aromatic rings. The topological polar surface area (TPSA) is 32.8 Å². The maximum absolute atomic E-state index is 11.0. The zero-order valence-electron chi connectivity index (χ0n) is 7.92. The SMILES string of the molecule is CON(C)C(=O)C#CCN(C)C. The average Bonchev–Trinajstić information content (AvgIpc) is 2.02. The Labute approximate surface area is 73.0 Å². The molecule has 0 aromatic carbocycles. The number of hydrogen-bond donors (Lipinski definition) is 0. The molecule has 0 spiro atoms. The zero-order valence-corrected chi connectivity index (χ0v) is 7.92. The Kier molecular flexibility index (Phi) is 5.09. The van der Waals surface area contributed by atoms with Crippen LogP contribution in [0.25, 0.3) is 0 Å². The van der Waals surface area contributed by atoms with Gasteiger partial charge < -0.3 is 0 Å². The third-order valence-corrected chi connectivity index (χ3v) is 1.15. The summed E-state index contributed by atoms with van der Waals surface area (Å²) in [6.45, 7) is 0.573. The predicted molar refractivity (Wildman–Crippen MR) is 46.1 cm³/mol. The maximum atomic E-state index is 11.0. The number of hydroxylamine groups is 2. The summed E-state index contributed by atoms with van der Waals surface area (Å²) in [5.41, 5.74) is 0. The highest BCUT2D eigenvalue weighted by Crippen LogP contribution is 1.81. The molecule has 0 atom stereocenters. The van der Waals surface area contributed by atoms with E-state index in [2.05, 4.69) is 16.7 Å². The minimum absolute atomic E-state index is 0.334. The molecule has 0 saturated carbocycles. The van der Waals surface area contributed by atoms with Gasteiger partial charge in [0.15, 0.2) is 0 Å². The molecule has 0 aliphatic heterocycles. The smallest absolute Gasteiger partial charge is 0.299 e. The molecule has 0 heterocycles. The van der Waals surface area contributed by atoms with Crippen LogP contribution in [-0.2, 0) is 9.63 Å². The second-order valence-electron chi connectivity index (χ2n) is 2.52. The normalized spacial score (nSPS) is 9.08. The van der Waals surface area contributed by atoms with E-state index in [-0.39, 0.29) is 5.91 Å². The van der Waals surface area contributed by atoms with E-state index in [9.17, 15) is 4.79 Å². The van der Waals surface area contributed by atoms with Crippen molar-refractivity contribution in [1.29, 1.82) is 0 Å². The van der Waals surface area contributed by atoms with Gasteiger partial charge in [-0.2, -0.15) is 0 Å². The maximum Gasteiger partial charge on any atom is 0.321 e. The van der Waals surface area contributed by atoms with Crippen molar-refractivity contribution >= 4 is 5.91 Å². The van der Waals surface area contributed by atoms with Crippen molar-refractivity contribution in [1.82, 2.24) is 9.96 Å². The van der Waals surface area contributed by atoms with Gasteiger partial charge in [-0.25, -0.2) is 5.06 Å². The van der Waals surface area contributed by atoms with Crippen LogP contribution in [0, 0.1) is 11.8 Å². The first-order valence-electron chi connectivity index (χ1n) is 3.53. The van der Waals surface area contributed by atoms with Crippen molar-refractivity contribution in [2.75, 3.05) is 34.8 Å². The summed E-state index contributed by atoms with van der Waals surface area (Å²) < 4.78 is 0. The van der Waals surface area contributed by atoms with Gasteiger partial charge in [0.05, 0.1) is 13.7 Å². The molecule has 0 aromatic heterocycles. The molecular formula is C8H14N2O2. The minimum atomic E-state index is -0.334. The van der Waals surface area contributed by atoms with Crippen LogP contribution in [0.15, 0.2) is 0 Å². The summed E-state index contributed by atoms with van der Waals surface area (Å²) in [5.74, 6) is 4.81. The van der Waals surface area contributed by atoms with Gasteiger partial charge in [-0.3, -0.25) is 14.5 Å². The Hall–Kier alpha value is -1.05. The van der Waals surface area contributed by atoms with Crippen LogP contribution in [0.5, 0.6) is 0 Å². The van der Waals surface area contributed by atoms with Gasteiger partial charge in [-0.15, -0.1) is 0 Å². The van der Waals surface area contributed by atoms with Crippen LogP contribution in [0.2, 0.25) is 0 Å². The Morgan fingerprint density at radius 1 is 1.42 bits per heavy atom. The van der Waals surface area contributed by atoms with Gasteiger partial charge in [-0.05, 0) is 20.0 Å². The zero-order chi connectivity index (χ0) is 9.56. The minimum Gasteiger partial charge on any atom is -0.299 e. The van der Waals surface area contributed by atoms with E-state index in [1.807, 2.05) is 19.0 Å². The molecule has 0 fully saturated rings. The molecule has 12 heavy (non-hydrogen) atoms. The summed E-state index contributed by atoms with van der Waals surface area (Å²) in [5, 5.41) is 1.09. The Balaban J connectivity index is 3.87. The molecule has 0 N–H and O–H groups in total. The molecule has 1 amide bonds. The lowest BCUT2D eigenvalue weighted by Crippen LogP contribution is -2.23. The van der Waals surface area contributed by atoms with Crippen LogP contribution < -0.4 is 0 Å². The van der Waals surface area contributed by atoms with E-state index in [0.29, 0.717) is 6.54 Å². The predicted octanol–water partition coefficient (Wildman–Crippen LogP) is -0.429. The summed E-state index contributed by atoms with van der Waals surface area (Å²) in [7, 11) is 6.72. The second kappa shape index (κ2) is 5.58. The summed E-state index contributed by atoms with van der Waals surface area (Å²) >= 11 is 0. The fourth-order valence-corrected chi connectivity index (χ4v) is 0.435. The summed E-state index contributed by atoms with van der Waals surface area (Å²) in [4.78, 5) is 17.5. The van der Waals surface area contributed by atoms with E-state index in [1.54, 1.807) is 0 Å². The molecule has 4 nitrogen and oxygen atoms in total. The van der Waals surface area contributed by atoms with E-state index in [4.69, 9.17) is 0 Å². The quantitative estimate of drug-likeness (QED) is 0.416. The fourth-order valence-electron chi connectivity index (χ4n) is 0.435. The molecule has 0 unspecified atom stereocenters. The van der Waals surface area contributed by atoms with Crippen molar-refractivity contribution in [3.05, 3.63) is 0 Å². The van der Waals surface area contributed by atoms with Crippen LogP contribution in [-0.4, -0.2) is 50.7 Å². The molecule has 4 heteroatoms. The lowest BCUT2D eigenvalue weighted by molar-refractivity contribution is -0.161. The van der Waals surface area contributed by atoms with Crippen molar-refractivity contribution in [2.45, 2.75) is 0 Å². The monoisotopic (exact) mass is 170 g/mol. The third kappa shape index (κ3) is 4.72. The molecular weight excluding hydrogens is 156 g/mol. The average molecular weight is 170 g/mol. The van der Waals surface area contributed by atoms with Gasteiger partial charge in [0, 0.05) is 7.05 Å². The molecule has 0 bridgehead atoms. The highest BCUT2D eigenvalue weighted by molar-refractivity contribution is 5.92. The molecule has 0 radical (unpaired) electrons. The Bertz CT molecular complexity index is 203. The van der Waals surface area contributed by atoms with Gasteiger partial charge in [0.25, 0.3) is 0 Å². The van der Waals surface area contributed by atoms with Gasteiger partial charge in [-0.1, -0.05) is 5.92 Å². The van der Waals surface area contributed by atoms with Crippen molar-refractivity contribution in [2.24, 2.45) is 0 Å². The first-order chi connectivity index (χ1) is 5.57. The number of carbonyl (C=O) groups is 1. The number of rotatable bonds is 2. The Morgan fingerprint density at radius 2 is 2.00 bits per heavy atom. The molecule has 68 valence electrons. The number of carbonyl (C=O) groups excluding carboxylic acids is 1. The van der Waals surface area contributed by atoms with E-state index in [0.717, 1.165) is 5.06 Å². The number of nitrogens with zero attached hydrogens (tertiary/aromatic N) is 2. The first kappa shape index (κ1) is 11.0. The van der Waals surface area contributed by atoms with Crippen LogP contribution in [0.3, 0.4) is 0 Å². The highest BCUT2D eigenvalue weighted by atomic mass is 16.7. The van der Waals surface area contributed by atoms with Crippen molar-refractivity contribution in [3.63, 3.8) is 0 Å². The van der Waals surface area contributed by atoms with Crippen molar-refractivity contribution < 1.29 is 9.63 Å². The van der Waals surface area contributed by atoms with Gasteiger partial charge in [0.1, 0.15) is 0 Å². The number of hydrogen-bond acceptors (Lipinski definition) is 3. The highest BCUT2D eigenvalue weighted by Gasteiger charge is 2.01. The lowest BCUT2D eigenvalue weighted by Gasteiger charge is -2.08.